The molecule has 3 atom stereocenters. The summed E-state index contributed by atoms with van der Waals surface area (Å²) >= 11 is 0. The quantitative estimate of drug-likeness (QED) is 0.0197. The Kier molecular flexibility index (Phi) is 51.7. The molecular weight excluding hydrogens is 904 g/mol. The molecule has 0 saturated carbocycles. The van der Waals surface area contributed by atoms with Crippen LogP contribution < -0.4 is 0 Å². The number of esters is 3. The van der Waals surface area contributed by atoms with Gasteiger partial charge in [-0.3, -0.25) is 23.4 Å². The molecule has 0 rings (SSSR count). The highest BCUT2D eigenvalue weighted by Gasteiger charge is 2.28. The van der Waals surface area contributed by atoms with E-state index in [0.29, 0.717) is 19.3 Å². The molecule has 70 heavy (non-hydrogen) atoms. The standard InChI is InChI=1S/C58H109O11P/c1-4-7-10-13-16-19-22-25-27-30-32-35-38-41-44-47-56(60)65-51-55(69-58(62)49-46-43-40-37-34-31-28-26-23-20-17-14-11-8-5-2)53-67-70(63,64)66-52-54(50-59)68-57(61)48-45-42-39-36-33-29-24-21-18-15-12-9-6-3/h16,19,25,27,54-55,59H,4-15,17-18,20-24,26,28-53H2,1-3H3,(H,63,64)/b19-16-,27-25-. The highest BCUT2D eigenvalue weighted by atomic mass is 31.2. The number of phosphoric ester groups is 1. The van der Waals surface area contributed by atoms with Gasteiger partial charge in [-0.1, -0.05) is 244 Å². The summed E-state index contributed by atoms with van der Waals surface area (Å²) in [7, 11) is -4.74. The summed E-state index contributed by atoms with van der Waals surface area (Å²) in [6.45, 7) is 4.65. The van der Waals surface area contributed by atoms with Gasteiger partial charge in [0.15, 0.2) is 6.10 Å². The summed E-state index contributed by atoms with van der Waals surface area (Å²) in [6.07, 6.45) is 52.7. The maximum atomic E-state index is 12.9. The molecule has 0 spiro atoms. The van der Waals surface area contributed by atoms with Crippen LogP contribution in [0, 0.1) is 0 Å². The van der Waals surface area contributed by atoms with Crippen LogP contribution >= 0.6 is 7.82 Å². The van der Waals surface area contributed by atoms with Gasteiger partial charge in [-0.25, -0.2) is 4.57 Å². The Morgan fingerprint density at radius 3 is 1.09 bits per heavy atom. The maximum absolute atomic E-state index is 12.9. The van der Waals surface area contributed by atoms with E-state index in [-0.39, 0.29) is 25.9 Å². The van der Waals surface area contributed by atoms with Crippen molar-refractivity contribution in [2.75, 3.05) is 26.4 Å². The zero-order valence-corrected chi connectivity index (χ0v) is 46.4. The predicted molar refractivity (Wildman–Crippen MR) is 289 cm³/mol. The van der Waals surface area contributed by atoms with Gasteiger partial charge in [0.1, 0.15) is 12.7 Å². The molecule has 11 nitrogen and oxygen atoms in total. The van der Waals surface area contributed by atoms with Crippen molar-refractivity contribution in [2.45, 2.75) is 303 Å². The van der Waals surface area contributed by atoms with E-state index in [1.807, 2.05) is 0 Å². The normalized spacial score (nSPS) is 13.5. The van der Waals surface area contributed by atoms with Gasteiger partial charge in [0, 0.05) is 19.3 Å². The lowest BCUT2D eigenvalue weighted by molar-refractivity contribution is -0.161. The van der Waals surface area contributed by atoms with Gasteiger partial charge in [-0.15, -0.1) is 0 Å². The van der Waals surface area contributed by atoms with E-state index in [1.54, 1.807) is 0 Å². The van der Waals surface area contributed by atoms with Crippen LogP contribution in [0.25, 0.3) is 0 Å². The van der Waals surface area contributed by atoms with E-state index >= 15 is 0 Å². The fourth-order valence-corrected chi connectivity index (χ4v) is 9.17. The average Bonchev–Trinajstić information content (AvgIpc) is 3.35. The lowest BCUT2D eigenvalue weighted by atomic mass is 10.0. The minimum Gasteiger partial charge on any atom is -0.462 e. The van der Waals surface area contributed by atoms with Crippen LogP contribution in [0.4, 0.5) is 0 Å². The van der Waals surface area contributed by atoms with Gasteiger partial charge in [0.2, 0.25) is 0 Å². The number of allylic oxidation sites excluding steroid dienone is 4. The fourth-order valence-electron chi connectivity index (χ4n) is 8.39. The molecule has 0 aliphatic heterocycles. The first-order valence-electron chi connectivity index (χ1n) is 29.2. The zero-order valence-electron chi connectivity index (χ0n) is 45.5. The number of ether oxygens (including phenoxy) is 3. The monoisotopic (exact) mass is 1010 g/mol. The third kappa shape index (κ3) is 50.9. The summed E-state index contributed by atoms with van der Waals surface area (Å²) < 4.78 is 39.5. The number of hydrogen-bond donors (Lipinski definition) is 2. The molecule has 0 aromatic heterocycles. The zero-order chi connectivity index (χ0) is 51.3. The predicted octanol–water partition coefficient (Wildman–Crippen LogP) is 17.0. The number of aliphatic hydroxyl groups excluding tert-OH is 1. The van der Waals surface area contributed by atoms with E-state index in [9.17, 15) is 28.9 Å². The first-order valence-corrected chi connectivity index (χ1v) is 30.7. The molecule has 0 fully saturated rings. The Morgan fingerprint density at radius 2 is 0.700 bits per heavy atom. The van der Waals surface area contributed by atoms with Crippen molar-refractivity contribution in [2.24, 2.45) is 0 Å². The minimum atomic E-state index is -4.74. The van der Waals surface area contributed by atoms with E-state index < -0.39 is 57.8 Å². The molecule has 412 valence electrons. The molecule has 2 N–H and O–H groups in total. The summed E-state index contributed by atoms with van der Waals surface area (Å²) in [5.74, 6) is -1.46. The van der Waals surface area contributed by atoms with Crippen molar-refractivity contribution in [3.63, 3.8) is 0 Å². The van der Waals surface area contributed by atoms with Crippen molar-refractivity contribution in [3.8, 4) is 0 Å². The van der Waals surface area contributed by atoms with E-state index in [1.165, 1.54) is 148 Å². The van der Waals surface area contributed by atoms with E-state index in [2.05, 4.69) is 45.1 Å². The molecule has 0 aliphatic rings. The molecule has 0 heterocycles. The summed E-state index contributed by atoms with van der Waals surface area (Å²) in [6, 6.07) is 0. The largest absolute Gasteiger partial charge is 0.472 e. The second-order valence-electron chi connectivity index (χ2n) is 19.8. The third-order valence-corrected chi connectivity index (χ3v) is 13.8. The van der Waals surface area contributed by atoms with Crippen molar-refractivity contribution < 1.29 is 52.2 Å². The van der Waals surface area contributed by atoms with Crippen molar-refractivity contribution in [3.05, 3.63) is 24.3 Å². The topological polar surface area (TPSA) is 155 Å². The highest BCUT2D eigenvalue weighted by molar-refractivity contribution is 7.47. The lowest BCUT2D eigenvalue weighted by Crippen LogP contribution is -2.30. The molecule has 0 aromatic carbocycles. The molecule has 0 bridgehead atoms. The SMILES string of the molecule is CCCCC/C=C\C/C=C\CCCCCCCC(=O)OCC(COP(=O)(O)OCC(CO)OC(=O)CCCCCCCCCCCCCCC)OC(=O)CCCCCCCCCCCCCCCCC. The molecular formula is C58H109O11P. The smallest absolute Gasteiger partial charge is 0.462 e. The number of phosphoric acid groups is 1. The number of unbranched alkanes of at least 4 members (excludes halogenated alkanes) is 34. The number of carbonyl (C=O) groups is 3. The Hall–Kier alpha value is -2.04. The van der Waals surface area contributed by atoms with Crippen LogP contribution in [0.1, 0.15) is 290 Å². The Morgan fingerprint density at radius 1 is 0.400 bits per heavy atom. The average molecular weight is 1010 g/mol. The van der Waals surface area contributed by atoms with Gasteiger partial charge in [-0.2, -0.15) is 0 Å². The number of carbonyl (C=O) groups excluding carboxylic acids is 3. The Labute approximate surface area is 429 Å². The summed E-state index contributed by atoms with van der Waals surface area (Å²) in [5, 5.41) is 9.80. The lowest BCUT2D eigenvalue weighted by Gasteiger charge is -2.21. The Bertz CT molecular complexity index is 1270. The molecule has 0 saturated heterocycles. The number of hydrogen-bond acceptors (Lipinski definition) is 10. The van der Waals surface area contributed by atoms with Crippen LogP contribution in [-0.4, -0.2) is 66.5 Å². The van der Waals surface area contributed by atoms with Gasteiger partial charge >= 0.3 is 25.7 Å². The van der Waals surface area contributed by atoms with Crippen molar-refractivity contribution in [1.29, 1.82) is 0 Å². The van der Waals surface area contributed by atoms with Crippen LogP contribution in [0.2, 0.25) is 0 Å². The van der Waals surface area contributed by atoms with E-state index in [0.717, 1.165) is 83.5 Å². The molecule has 0 aromatic rings. The fraction of sp³-hybridized carbons (Fsp3) is 0.879. The summed E-state index contributed by atoms with van der Waals surface area (Å²) in [5.41, 5.74) is 0. The van der Waals surface area contributed by atoms with Crippen LogP contribution in [0.15, 0.2) is 24.3 Å². The van der Waals surface area contributed by atoms with Crippen LogP contribution in [0.3, 0.4) is 0 Å². The van der Waals surface area contributed by atoms with Gasteiger partial charge in [0.25, 0.3) is 0 Å². The molecule has 0 radical (unpaired) electrons. The first kappa shape index (κ1) is 68.0. The first-order chi connectivity index (χ1) is 34.2. The number of aliphatic hydroxyl groups is 1. The molecule has 12 heteroatoms. The number of rotatable bonds is 55. The van der Waals surface area contributed by atoms with Crippen LogP contribution in [0.5, 0.6) is 0 Å². The second kappa shape index (κ2) is 53.3. The summed E-state index contributed by atoms with van der Waals surface area (Å²) in [4.78, 5) is 48.5. The van der Waals surface area contributed by atoms with Gasteiger partial charge in [0.05, 0.1) is 19.8 Å². The second-order valence-corrected chi connectivity index (χ2v) is 21.3. The van der Waals surface area contributed by atoms with Crippen molar-refractivity contribution >= 4 is 25.7 Å². The molecule has 0 amide bonds. The third-order valence-electron chi connectivity index (χ3n) is 12.9. The van der Waals surface area contributed by atoms with Crippen molar-refractivity contribution in [1.82, 2.24) is 0 Å². The van der Waals surface area contributed by atoms with Gasteiger partial charge < -0.3 is 24.2 Å². The van der Waals surface area contributed by atoms with Gasteiger partial charge in [-0.05, 0) is 51.4 Å². The Balaban J connectivity index is 4.70. The highest BCUT2D eigenvalue weighted by Crippen LogP contribution is 2.43. The minimum absolute atomic E-state index is 0.171. The van der Waals surface area contributed by atoms with E-state index in [4.69, 9.17) is 23.3 Å². The molecule has 3 unspecified atom stereocenters. The maximum Gasteiger partial charge on any atom is 0.472 e. The molecule has 0 aliphatic carbocycles. The van der Waals surface area contributed by atoms with Crippen LogP contribution in [-0.2, 0) is 42.2 Å².